The molecule has 1 aromatic carbocycles. The highest BCUT2D eigenvalue weighted by atomic mass is 16.1. The van der Waals surface area contributed by atoms with Gasteiger partial charge in [0.25, 0.3) is 0 Å². The zero-order chi connectivity index (χ0) is 19.6. The van der Waals surface area contributed by atoms with E-state index in [1.54, 1.807) is 12.3 Å². The Morgan fingerprint density at radius 1 is 1.19 bits per heavy atom. The number of anilines is 1. The molecule has 2 aromatic heterocycles. The molecule has 0 saturated carbocycles. The van der Waals surface area contributed by atoms with Crippen molar-refractivity contribution in [3.63, 3.8) is 0 Å². The number of pyridine rings is 1. The lowest BCUT2D eigenvalue weighted by molar-refractivity contribution is 0.1000. The number of carbonyl (C=O) groups excluding carboxylic acids is 1. The molecule has 5 nitrogen and oxygen atoms in total. The van der Waals surface area contributed by atoms with Gasteiger partial charge in [0.2, 0.25) is 5.91 Å². The summed E-state index contributed by atoms with van der Waals surface area (Å²) in [4.78, 5) is 16.4. The molecule has 0 aliphatic rings. The highest BCUT2D eigenvalue weighted by Crippen LogP contribution is 2.23. The lowest BCUT2D eigenvalue weighted by Crippen LogP contribution is -2.14. The predicted octanol–water partition coefficient (Wildman–Crippen LogP) is 3.83. The van der Waals surface area contributed by atoms with Crippen LogP contribution in [0.2, 0.25) is 0 Å². The number of fused-ring (bicyclic) bond motifs is 1. The van der Waals surface area contributed by atoms with Gasteiger partial charge in [-0.25, -0.2) is 4.98 Å². The van der Waals surface area contributed by atoms with Gasteiger partial charge in [0.15, 0.2) is 5.65 Å². The molecule has 1 amide bonds. The van der Waals surface area contributed by atoms with Gasteiger partial charge in [-0.2, -0.15) is 0 Å². The van der Waals surface area contributed by atoms with Gasteiger partial charge in [-0.1, -0.05) is 32.0 Å². The van der Waals surface area contributed by atoms with Gasteiger partial charge in [-0.15, -0.1) is 0 Å². The van der Waals surface area contributed by atoms with Gasteiger partial charge < -0.3 is 15.5 Å². The minimum atomic E-state index is -0.435. The second-order valence-electron chi connectivity index (χ2n) is 6.92. The number of carbonyl (C=O) groups is 1. The number of imidazole rings is 1. The maximum Gasteiger partial charge on any atom is 0.250 e. The van der Waals surface area contributed by atoms with Crippen molar-refractivity contribution in [3.8, 4) is 0 Å². The molecule has 0 atom stereocenters. The molecular weight excluding hydrogens is 336 g/mol. The second-order valence-corrected chi connectivity index (χ2v) is 6.92. The summed E-state index contributed by atoms with van der Waals surface area (Å²) in [6.45, 7) is 9.13. The van der Waals surface area contributed by atoms with E-state index >= 15 is 0 Å². The van der Waals surface area contributed by atoms with E-state index < -0.39 is 5.91 Å². The number of aryl methyl sites for hydroxylation is 4. The zero-order valence-electron chi connectivity index (χ0n) is 16.6. The smallest absolute Gasteiger partial charge is 0.250 e. The van der Waals surface area contributed by atoms with E-state index in [2.05, 4.69) is 42.3 Å². The Bertz CT molecular complexity index is 965. The number of nitrogens with zero attached hydrogens (tertiary/aromatic N) is 2. The Balaban J connectivity index is 1.90. The SMILES string of the molecule is CCc1cccc(CC)c1CCNc1cc(C(N)=O)cn2c(C)c(C)nc12. The minimum absolute atomic E-state index is 0.435. The second kappa shape index (κ2) is 7.82. The van der Waals surface area contributed by atoms with Crippen LogP contribution < -0.4 is 11.1 Å². The first-order valence-electron chi connectivity index (χ1n) is 9.58. The third-order valence-electron chi connectivity index (χ3n) is 5.30. The first-order valence-corrected chi connectivity index (χ1v) is 9.58. The summed E-state index contributed by atoms with van der Waals surface area (Å²) in [5.74, 6) is -0.435. The van der Waals surface area contributed by atoms with Crippen LogP contribution in [0, 0.1) is 13.8 Å². The number of benzene rings is 1. The number of hydrogen-bond acceptors (Lipinski definition) is 3. The highest BCUT2D eigenvalue weighted by molar-refractivity contribution is 5.94. The average molecular weight is 364 g/mol. The molecule has 3 rings (SSSR count). The summed E-state index contributed by atoms with van der Waals surface area (Å²) in [7, 11) is 0. The van der Waals surface area contributed by atoms with Gasteiger partial charge in [-0.3, -0.25) is 4.79 Å². The van der Waals surface area contributed by atoms with Crippen LogP contribution in [0.4, 0.5) is 5.69 Å². The van der Waals surface area contributed by atoms with E-state index in [1.165, 1.54) is 16.7 Å². The summed E-state index contributed by atoms with van der Waals surface area (Å²) >= 11 is 0. The lowest BCUT2D eigenvalue weighted by atomic mass is 9.95. The quantitative estimate of drug-likeness (QED) is 0.669. The van der Waals surface area contributed by atoms with E-state index in [1.807, 2.05) is 18.2 Å². The van der Waals surface area contributed by atoms with Gasteiger partial charge in [0, 0.05) is 18.4 Å². The Morgan fingerprint density at radius 2 is 1.85 bits per heavy atom. The summed E-state index contributed by atoms with van der Waals surface area (Å²) in [6, 6.07) is 8.37. The van der Waals surface area contributed by atoms with Gasteiger partial charge >= 0.3 is 0 Å². The van der Waals surface area contributed by atoms with Crippen LogP contribution in [0.3, 0.4) is 0 Å². The molecule has 27 heavy (non-hydrogen) atoms. The number of nitrogens with two attached hydrogens (primary N) is 1. The van der Waals surface area contributed by atoms with Crippen molar-refractivity contribution in [3.05, 3.63) is 64.1 Å². The molecular formula is C22H28N4O. The number of rotatable bonds is 7. The van der Waals surface area contributed by atoms with E-state index in [9.17, 15) is 4.79 Å². The van der Waals surface area contributed by atoms with Crippen molar-refractivity contribution in [2.75, 3.05) is 11.9 Å². The van der Waals surface area contributed by atoms with E-state index in [4.69, 9.17) is 5.73 Å². The summed E-state index contributed by atoms with van der Waals surface area (Å²) in [5.41, 5.74) is 13.9. The number of amides is 1. The van der Waals surface area contributed by atoms with Crippen LogP contribution in [0.25, 0.3) is 5.65 Å². The van der Waals surface area contributed by atoms with Gasteiger partial charge in [0.05, 0.1) is 16.9 Å². The van der Waals surface area contributed by atoms with Crippen LogP contribution in [0.15, 0.2) is 30.5 Å². The van der Waals surface area contributed by atoms with Gasteiger partial charge in [0.1, 0.15) is 0 Å². The summed E-state index contributed by atoms with van der Waals surface area (Å²) in [5, 5.41) is 3.48. The fraction of sp³-hybridized carbons (Fsp3) is 0.364. The Labute approximate surface area is 160 Å². The molecule has 3 aromatic rings. The molecule has 0 spiro atoms. The molecule has 142 valence electrons. The van der Waals surface area contributed by atoms with Crippen molar-refractivity contribution < 1.29 is 4.79 Å². The van der Waals surface area contributed by atoms with Crippen molar-refractivity contribution in [1.29, 1.82) is 0 Å². The van der Waals surface area contributed by atoms with Crippen LogP contribution >= 0.6 is 0 Å². The van der Waals surface area contributed by atoms with Gasteiger partial charge in [-0.05, 0) is 55.9 Å². The number of hydrogen-bond donors (Lipinski definition) is 2. The predicted molar refractivity (Wildman–Crippen MR) is 111 cm³/mol. The summed E-state index contributed by atoms with van der Waals surface area (Å²) < 4.78 is 1.94. The van der Waals surface area contributed by atoms with Crippen LogP contribution in [0.1, 0.15) is 52.3 Å². The van der Waals surface area contributed by atoms with E-state index in [0.717, 1.165) is 48.5 Å². The lowest BCUT2D eigenvalue weighted by Gasteiger charge is -2.15. The van der Waals surface area contributed by atoms with Crippen LogP contribution in [0.5, 0.6) is 0 Å². The largest absolute Gasteiger partial charge is 0.382 e. The molecule has 0 unspecified atom stereocenters. The Kier molecular flexibility index (Phi) is 5.49. The average Bonchev–Trinajstić information content (AvgIpc) is 2.96. The first kappa shape index (κ1) is 19.0. The zero-order valence-corrected chi connectivity index (χ0v) is 16.6. The fourth-order valence-electron chi connectivity index (χ4n) is 3.63. The maximum atomic E-state index is 11.7. The normalized spacial score (nSPS) is 11.1. The number of aromatic nitrogens is 2. The molecule has 0 fully saturated rings. The molecule has 3 N–H and O–H groups in total. The third kappa shape index (κ3) is 3.68. The van der Waals surface area contributed by atoms with Crippen LogP contribution in [-0.2, 0) is 19.3 Å². The third-order valence-corrected chi connectivity index (χ3v) is 5.30. The fourth-order valence-corrected chi connectivity index (χ4v) is 3.63. The first-order chi connectivity index (χ1) is 13.0. The number of nitrogens with one attached hydrogen (secondary N) is 1. The Hall–Kier alpha value is -2.82. The summed E-state index contributed by atoms with van der Waals surface area (Å²) in [6.07, 6.45) is 4.75. The van der Waals surface area contributed by atoms with E-state index in [0.29, 0.717) is 5.56 Å². The standard InChI is InChI=1S/C22H28N4O/c1-5-16-8-7-9-17(6-2)19(16)10-11-24-20-12-18(21(23)27)13-26-15(4)14(3)25-22(20)26/h7-9,12-13,24H,5-6,10-11H2,1-4H3,(H2,23,27). The van der Waals surface area contributed by atoms with E-state index in [-0.39, 0.29) is 0 Å². The monoisotopic (exact) mass is 364 g/mol. The topological polar surface area (TPSA) is 72.4 Å². The maximum absolute atomic E-state index is 11.7. The molecule has 0 aliphatic carbocycles. The van der Waals surface area contributed by atoms with Crippen LogP contribution in [-0.4, -0.2) is 21.8 Å². The molecule has 5 heteroatoms. The highest BCUT2D eigenvalue weighted by Gasteiger charge is 2.13. The van der Waals surface area contributed by atoms with Crippen molar-refractivity contribution in [2.45, 2.75) is 47.0 Å². The number of primary amides is 1. The van der Waals surface area contributed by atoms with Crippen molar-refractivity contribution >= 4 is 17.2 Å². The molecule has 0 radical (unpaired) electrons. The minimum Gasteiger partial charge on any atom is -0.382 e. The molecule has 0 bridgehead atoms. The van der Waals surface area contributed by atoms with Crippen molar-refractivity contribution in [2.24, 2.45) is 5.73 Å². The molecule has 0 saturated heterocycles. The molecule has 0 aliphatic heterocycles. The Morgan fingerprint density at radius 3 is 2.44 bits per heavy atom. The molecule has 2 heterocycles. The van der Waals surface area contributed by atoms with Crippen molar-refractivity contribution in [1.82, 2.24) is 9.38 Å².